The van der Waals surface area contributed by atoms with Crippen molar-refractivity contribution >= 4 is 11.9 Å². The number of ether oxygens (including phenoxy) is 1. The van der Waals surface area contributed by atoms with Crippen molar-refractivity contribution < 1.29 is 14.3 Å². The molecule has 0 aromatic rings. The lowest BCUT2D eigenvalue weighted by molar-refractivity contribution is -0.122. The van der Waals surface area contributed by atoms with E-state index in [-0.39, 0.29) is 11.9 Å². The second-order valence-electron chi connectivity index (χ2n) is 4.11. The molecule has 0 spiro atoms. The summed E-state index contributed by atoms with van der Waals surface area (Å²) in [5.74, 6) is 0.0532. The first-order valence-corrected chi connectivity index (χ1v) is 5.46. The van der Waals surface area contributed by atoms with E-state index >= 15 is 0 Å². The molecule has 0 aliphatic heterocycles. The predicted octanol–water partition coefficient (Wildman–Crippen LogP) is 1.98. The molecule has 0 radical (unpaired) electrons. The summed E-state index contributed by atoms with van der Waals surface area (Å²) in [6.45, 7) is 4.01. The van der Waals surface area contributed by atoms with E-state index in [1.54, 1.807) is 7.05 Å². The van der Waals surface area contributed by atoms with Crippen molar-refractivity contribution in [3.8, 4) is 0 Å². The van der Waals surface area contributed by atoms with Crippen LogP contribution in [0.2, 0.25) is 0 Å². The van der Waals surface area contributed by atoms with Crippen molar-refractivity contribution in [1.29, 1.82) is 0 Å². The Labute approximate surface area is 90.6 Å². The standard InChI is InChI=1S/C11H19NO3/c1-4-5-8-15-10(14)12(3)11(6-7-11)9(2)13/h4-8H2,1-3H3. The molecule has 1 aliphatic carbocycles. The van der Waals surface area contributed by atoms with Crippen LogP contribution in [-0.2, 0) is 9.53 Å². The lowest BCUT2D eigenvalue weighted by Crippen LogP contribution is -2.44. The van der Waals surface area contributed by atoms with E-state index in [2.05, 4.69) is 0 Å². The largest absolute Gasteiger partial charge is 0.449 e. The smallest absolute Gasteiger partial charge is 0.410 e. The topological polar surface area (TPSA) is 46.6 Å². The van der Waals surface area contributed by atoms with E-state index in [9.17, 15) is 9.59 Å². The highest BCUT2D eigenvalue weighted by molar-refractivity contribution is 5.92. The van der Waals surface area contributed by atoms with E-state index < -0.39 is 5.54 Å². The summed E-state index contributed by atoms with van der Waals surface area (Å²) in [7, 11) is 1.64. The predicted molar refractivity (Wildman–Crippen MR) is 56.7 cm³/mol. The molecule has 0 aromatic carbocycles. The van der Waals surface area contributed by atoms with Crippen LogP contribution in [0.5, 0.6) is 0 Å². The first-order chi connectivity index (χ1) is 7.04. The first kappa shape index (κ1) is 12.0. The van der Waals surface area contributed by atoms with Gasteiger partial charge in [0.1, 0.15) is 5.54 Å². The highest BCUT2D eigenvalue weighted by Crippen LogP contribution is 2.41. The van der Waals surface area contributed by atoms with Crippen molar-refractivity contribution in [3.05, 3.63) is 0 Å². The maximum Gasteiger partial charge on any atom is 0.410 e. The average Bonchev–Trinajstić information content (AvgIpc) is 2.97. The molecule has 1 fully saturated rings. The lowest BCUT2D eigenvalue weighted by Gasteiger charge is -2.24. The monoisotopic (exact) mass is 213 g/mol. The van der Waals surface area contributed by atoms with Gasteiger partial charge in [-0.1, -0.05) is 13.3 Å². The number of nitrogens with zero attached hydrogens (tertiary/aromatic N) is 1. The number of amides is 1. The normalized spacial score (nSPS) is 17.0. The van der Waals surface area contributed by atoms with Crippen molar-refractivity contribution in [2.45, 2.75) is 45.1 Å². The minimum atomic E-state index is -0.552. The minimum Gasteiger partial charge on any atom is -0.449 e. The molecule has 0 bridgehead atoms. The first-order valence-electron chi connectivity index (χ1n) is 5.46. The van der Waals surface area contributed by atoms with Crippen molar-refractivity contribution in [1.82, 2.24) is 4.90 Å². The number of likely N-dealkylation sites (N-methyl/N-ethyl adjacent to an activating group) is 1. The zero-order chi connectivity index (χ0) is 11.5. The molecule has 1 amide bonds. The van der Waals surface area contributed by atoms with Crippen LogP contribution in [0.15, 0.2) is 0 Å². The molecule has 1 rings (SSSR count). The van der Waals surface area contributed by atoms with Crippen molar-refractivity contribution in [2.75, 3.05) is 13.7 Å². The van der Waals surface area contributed by atoms with Gasteiger partial charge in [-0.25, -0.2) is 4.79 Å². The van der Waals surface area contributed by atoms with Gasteiger partial charge in [0.25, 0.3) is 0 Å². The van der Waals surface area contributed by atoms with Gasteiger partial charge in [0.15, 0.2) is 5.78 Å². The molecule has 0 heterocycles. The van der Waals surface area contributed by atoms with E-state index in [1.165, 1.54) is 11.8 Å². The summed E-state index contributed by atoms with van der Waals surface area (Å²) in [5.41, 5.74) is -0.552. The Bertz CT molecular complexity index is 259. The van der Waals surface area contributed by atoms with Crippen LogP contribution in [0.25, 0.3) is 0 Å². The van der Waals surface area contributed by atoms with E-state index in [0.717, 1.165) is 25.7 Å². The maximum atomic E-state index is 11.6. The molecular formula is C11H19NO3. The molecule has 0 unspecified atom stereocenters. The highest BCUT2D eigenvalue weighted by atomic mass is 16.6. The Balaban J connectivity index is 2.43. The van der Waals surface area contributed by atoms with Crippen LogP contribution in [-0.4, -0.2) is 36.0 Å². The Morgan fingerprint density at radius 1 is 1.40 bits per heavy atom. The fourth-order valence-corrected chi connectivity index (χ4v) is 1.62. The van der Waals surface area contributed by atoms with Gasteiger partial charge in [0.2, 0.25) is 0 Å². The third-order valence-corrected chi connectivity index (χ3v) is 3.02. The zero-order valence-corrected chi connectivity index (χ0v) is 9.71. The van der Waals surface area contributed by atoms with Gasteiger partial charge in [-0.3, -0.25) is 9.69 Å². The molecule has 1 aliphatic rings. The summed E-state index contributed by atoms with van der Waals surface area (Å²) < 4.78 is 5.06. The quantitative estimate of drug-likeness (QED) is 0.656. The van der Waals surface area contributed by atoms with Crippen LogP contribution in [0.4, 0.5) is 4.79 Å². The summed E-state index contributed by atoms with van der Waals surface area (Å²) >= 11 is 0. The van der Waals surface area contributed by atoms with E-state index in [0.29, 0.717) is 6.61 Å². The van der Waals surface area contributed by atoms with Crippen LogP contribution < -0.4 is 0 Å². The van der Waals surface area contributed by atoms with Crippen molar-refractivity contribution in [3.63, 3.8) is 0 Å². The summed E-state index contributed by atoms with van der Waals surface area (Å²) in [5, 5.41) is 0. The Morgan fingerprint density at radius 3 is 2.40 bits per heavy atom. The second-order valence-corrected chi connectivity index (χ2v) is 4.11. The van der Waals surface area contributed by atoms with Crippen LogP contribution in [0.1, 0.15) is 39.5 Å². The molecular weight excluding hydrogens is 194 g/mol. The number of carbonyl (C=O) groups is 2. The molecule has 0 atom stereocenters. The van der Waals surface area contributed by atoms with Gasteiger partial charge in [0.05, 0.1) is 6.61 Å². The van der Waals surface area contributed by atoms with Crippen molar-refractivity contribution in [2.24, 2.45) is 0 Å². The summed E-state index contributed by atoms with van der Waals surface area (Å²) in [6, 6.07) is 0. The molecule has 0 saturated heterocycles. The Kier molecular flexibility index (Phi) is 3.72. The lowest BCUT2D eigenvalue weighted by atomic mass is 10.1. The SMILES string of the molecule is CCCCOC(=O)N(C)C1(C(C)=O)CC1. The van der Waals surface area contributed by atoms with Gasteiger partial charge in [-0.15, -0.1) is 0 Å². The second kappa shape index (κ2) is 4.64. The van der Waals surface area contributed by atoms with Gasteiger partial charge in [-0.05, 0) is 26.2 Å². The Hall–Kier alpha value is -1.06. The van der Waals surface area contributed by atoms with Crippen LogP contribution >= 0.6 is 0 Å². The fraction of sp³-hybridized carbons (Fsp3) is 0.818. The molecule has 86 valence electrons. The Morgan fingerprint density at radius 2 is 2.00 bits per heavy atom. The highest BCUT2D eigenvalue weighted by Gasteiger charge is 2.53. The number of carbonyl (C=O) groups excluding carboxylic acids is 2. The molecule has 1 saturated carbocycles. The zero-order valence-electron chi connectivity index (χ0n) is 9.71. The number of hydrogen-bond donors (Lipinski definition) is 0. The fourth-order valence-electron chi connectivity index (χ4n) is 1.62. The number of hydrogen-bond acceptors (Lipinski definition) is 3. The van der Waals surface area contributed by atoms with Gasteiger partial charge in [-0.2, -0.15) is 0 Å². The molecule has 0 N–H and O–H groups in total. The van der Waals surface area contributed by atoms with E-state index in [1.807, 2.05) is 6.92 Å². The maximum absolute atomic E-state index is 11.6. The van der Waals surface area contributed by atoms with Crippen LogP contribution in [0, 0.1) is 0 Å². The average molecular weight is 213 g/mol. The summed E-state index contributed by atoms with van der Waals surface area (Å²) in [6.07, 6.45) is 3.02. The van der Waals surface area contributed by atoms with Gasteiger partial charge < -0.3 is 4.74 Å². The summed E-state index contributed by atoms with van der Waals surface area (Å²) in [4.78, 5) is 24.4. The van der Waals surface area contributed by atoms with Gasteiger partial charge >= 0.3 is 6.09 Å². The minimum absolute atomic E-state index is 0.0532. The molecule has 15 heavy (non-hydrogen) atoms. The number of Topliss-reactive ketones (excluding diaryl/α,β-unsaturated/α-hetero) is 1. The number of unbranched alkanes of at least 4 members (excludes halogenated alkanes) is 1. The molecule has 0 aromatic heterocycles. The van der Waals surface area contributed by atoms with E-state index in [4.69, 9.17) is 4.74 Å². The third-order valence-electron chi connectivity index (χ3n) is 3.02. The number of ketones is 1. The van der Waals surface area contributed by atoms with Gasteiger partial charge in [0, 0.05) is 7.05 Å². The third kappa shape index (κ3) is 2.49. The van der Waals surface area contributed by atoms with Crippen LogP contribution in [0.3, 0.4) is 0 Å². The number of rotatable bonds is 5. The molecule has 4 heteroatoms. The molecule has 4 nitrogen and oxygen atoms in total.